The number of fused-ring (bicyclic) bond motifs is 1. The van der Waals surface area contributed by atoms with Crippen LogP contribution in [-0.4, -0.2) is 54.7 Å². The first kappa shape index (κ1) is 16.1. The molecular weight excluding hydrogens is 312 g/mol. The summed E-state index contributed by atoms with van der Waals surface area (Å²) in [5.41, 5.74) is 1.29. The summed E-state index contributed by atoms with van der Waals surface area (Å²) in [6.07, 6.45) is 0.268. The van der Waals surface area contributed by atoms with Crippen molar-refractivity contribution >= 4 is 29.3 Å². The summed E-state index contributed by atoms with van der Waals surface area (Å²) in [5, 5.41) is 8.33. The van der Waals surface area contributed by atoms with E-state index in [2.05, 4.69) is 16.0 Å². The lowest BCUT2D eigenvalue weighted by Gasteiger charge is -2.27. The minimum atomic E-state index is -0.934. The summed E-state index contributed by atoms with van der Waals surface area (Å²) in [6.45, 7) is 1.43. The molecule has 0 radical (unpaired) electrons. The van der Waals surface area contributed by atoms with Crippen molar-refractivity contribution in [2.45, 2.75) is 18.9 Å². The second kappa shape index (κ2) is 6.40. The summed E-state index contributed by atoms with van der Waals surface area (Å²) >= 11 is 0. The standard InChI is InChI=1S/C16H18N4O4/c1-17-6-7-18-9-2-3-10-11(8-9)16(24)20(15(10)23)12-4-5-13(21)19-14(12)22/h2-3,8,12,17-18H,4-7H2,1H3,(H,19,21,22). The zero-order valence-corrected chi connectivity index (χ0v) is 13.2. The van der Waals surface area contributed by atoms with E-state index in [-0.39, 0.29) is 29.9 Å². The van der Waals surface area contributed by atoms with Crippen LogP contribution in [0.3, 0.4) is 0 Å². The minimum Gasteiger partial charge on any atom is -0.384 e. The van der Waals surface area contributed by atoms with Gasteiger partial charge in [-0.1, -0.05) is 0 Å². The van der Waals surface area contributed by atoms with Crippen LogP contribution in [0.5, 0.6) is 0 Å². The monoisotopic (exact) mass is 330 g/mol. The molecule has 0 saturated carbocycles. The van der Waals surface area contributed by atoms with Gasteiger partial charge in [0.2, 0.25) is 11.8 Å². The van der Waals surface area contributed by atoms with Crippen LogP contribution in [0, 0.1) is 0 Å². The molecule has 24 heavy (non-hydrogen) atoms. The van der Waals surface area contributed by atoms with E-state index in [0.29, 0.717) is 6.54 Å². The topological polar surface area (TPSA) is 108 Å². The number of carbonyl (C=O) groups is 4. The fourth-order valence-electron chi connectivity index (χ4n) is 2.91. The summed E-state index contributed by atoms with van der Waals surface area (Å²) in [5.74, 6) is -1.98. The normalized spacial score (nSPS) is 20.2. The van der Waals surface area contributed by atoms with Crippen molar-refractivity contribution in [2.75, 3.05) is 25.5 Å². The number of anilines is 1. The van der Waals surface area contributed by atoms with E-state index in [1.54, 1.807) is 18.2 Å². The smallest absolute Gasteiger partial charge is 0.262 e. The third kappa shape index (κ3) is 2.76. The molecule has 1 saturated heterocycles. The Morgan fingerprint density at radius 1 is 1.12 bits per heavy atom. The number of amides is 4. The number of likely N-dealkylation sites (N-methyl/N-ethyl adjacent to an activating group) is 1. The van der Waals surface area contributed by atoms with Gasteiger partial charge in [-0.2, -0.15) is 0 Å². The molecule has 0 spiro atoms. The van der Waals surface area contributed by atoms with Crippen molar-refractivity contribution in [2.24, 2.45) is 0 Å². The highest BCUT2D eigenvalue weighted by Crippen LogP contribution is 2.29. The average molecular weight is 330 g/mol. The van der Waals surface area contributed by atoms with Crippen molar-refractivity contribution in [3.05, 3.63) is 29.3 Å². The third-order valence-corrected chi connectivity index (χ3v) is 4.14. The molecule has 0 bridgehead atoms. The number of carbonyl (C=O) groups excluding carboxylic acids is 4. The molecule has 0 aliphatic carbocycles. The Labute approximate surface area is 138 Å². The molecule has 8 heteroatoms. The van der Waals surface area contributed by atoms with Crippen LogP contribution in [0.2, 0.25) is 0 Å². The molecule has 2 heterocycles. The maximum absolute atomic E-state index is 12.6. The maximum atomic E-state index is 12.6. The molecule has 4 amide bonds. The quantitative estimate of drug-likeness (QED) is 0.506. The fourth-order valence-corrected chi connectivity index (χ4v) is 2.91. The molecule has 1 unspecified atom stereocenters. The van der Waals surface area contributed by atoms with E-state index < -0.39 is 23.8 Å². The molecule has 0 aromatic heterocycles. The van der Waals surface area contributed by atoms with Crippen LogP contribution in [-0.2, 0) is 9.59 Å². The van der Waals surface area contributed by atoms with Gasteiger partial charge in [0.25, 0.3) is 11.8 Å². The van der Waals surface area contributed by atoms with E-state index in [1.165, 1.54) is 0 Å². The Morgan fingerprint density at radius 3 is 2.58 bits per heavy atom. The van der Waals surface area contributed by atoms with E-state index in [0.717, 1.165) is 17.1 Å². The maximum Gasteiger partial charge on any atom is 0.262 e. The molecule has 2 aliphatic heterocycles. The van der Waals surface area contributed by atoms with Crippen molar-refractivity contribution in [3.63, 3.8) is 0 Å². The largest absolute Gasteiger partial charge is 0.384 e. The molecule has 3 N–H and O–H groups in total. The van der Waals surface area contributed by atoms with Gasteiger partial charge in [-0.15, -0.1) is 0 Å². The van der Waals surface area contributed by atoms with Gasteiger partial charge in [0.1, 0.15) is 6.04 Å². The summed E-state index contributed by atoms with van der Waals surface area (Å²) in [4.78, 5) is 49.3. The van der Waals surface area contributed by atoms with Crippen LogP contribution in [0.1, 0.15) is 33.6 Å². The third-order valence-electron chi connectivity index (χ3n) is 4.14. The zero-order valence-electron chi connectivity index (χ0n) is 13.2. The Kier molecular flexibility index (Phi) is 4.30. The number of rotatable bonds is 5. The molecular formula is C16H18N4O4. The SMILES string of the molecule is CNCCNc1ccc2c(c1)C(=O)N(C1CCC(=O)NC1=O)C2=O. The number of nitrogens with one attached hydrogen (secondary N) is 3. The highest BCUT2D eigenvalue weighted by molar-refractivity contribution is 6.23. The predicted octanol–water partition coefficient (Wildman–Crippen LogP) is -0.281. The average Bonchev–Trinajstić information content (AvgIpc) is 2.80. The second-order valence-corrected chi connectivity index (χ2v) is 5.74. The van der Waals surface area contributed by atoms with Gasteiger partial charge in [-0.25, -0.2) is 0 Å². The molecule has 126 valence electrons. The Balaban J connectivity index is 1.83. The van der Waals surface area contributed by atoms with Crippen molar-refractivity contribution < 1.29 is 19.2 Å². The van der Waals surface area contributed by atoms with E-state index in [9.17, 15) is 19.2 Å². The Hall–Kier alpha value is -2.74. The second-order valence-electron chi connectivity index (χ2n) is 5.74. The number of imide groups is 2. The predicted molar refractivity (Wildman–Crippen MR) is 85.5 cm³/mol. The molecule has 1 atom stereocenters. The summed E-state index contributed by atoms with van der Waals surface area (Å²) < 4.78 is 0. The number of nitrogens with zero attached hydrogens (tertiary/aromatic N) is 1. The lowest BCUT2D eigenvalue weighted by Crippen LogP contribution is -2.54. The molecule has 8 nitrogen and oxygen atoms in total. The van der Waals surface area contributed by atoms with Gasteiger partial charge >= 0.3 is 0 Å². The molecule has 1 aromatic carbocycles. The van der Waals surface area contributed by atoms with Crippen molar-refractivity contribution in [3.8, 4) is 0 Å². The van der Waals surface area contributed by atoms with Gasteiger partial charge in [-0.3, -0.25) is 29.4 Å². The highest BCUT2D eigenvalue weighted by atomic mass is 16.2. The van der Waals surface area contributed by atoms with Crippen molar-refractivity contribution in [1.82, 2.24) is 15.5 Å². The summed E-state index contributed by atoms with van der Waals surface area (Å²) in [6, 6.07) is 4.00. The van der Waals surface area contributed by atoms with E-state index >= 15 is 0 Å². The first-order valence-corrected chi connectivity index (χ1v) is 7.77. The lowest BCUT2D eigenvalue weighted by atomic mass is 10.0. The van der Waals surface area contributed by atoms with E-state index in [1.807, 2.05) is 7.05 Å². The number of piperidine rings is 1. The van der Waals surface area contributed by atoms with Gasteiger partial charge < -0.3 is 10.6 Å². The molecule has 1 aromatic rings. The fraction of sp³-hybridized carbons (Fsp3) is 0.375. The highest BCUT2D eigenvalue weighted by Gasteiger charge is 2.44. The minimum absolute atomic E-state index is 0.112. The number of hydrogen-bond donors (Lipinski definition) is 3. The van der Waals surface area contributed by atoms with Gasteiger partial charge in [0.15, 0.2) is 0 Å². The van der Waals surface area contributed by atoms with Crippen LogP contribution in [0.25, 0.3) is 0 Å². The van der Waals surface area contributed by atoms with E-state index in [4.69, 9.17) is 0 Å². The zero-order chi connectivity index (χ0) is 17.3. The Morgan fingerprint density at radius 2 is 1.88 bits per heavy atom. The van der Waals surface area contributed by atoms with Crippen LogP contribution < -0.4 is 16.0 Å². The van der Waals surface area contributed by atoms with Crippen molar-refractivity contribution in [1.29, 1.82) is 0 Å². The lowest BCUT2D eigenvalue weighted by molar-refractivity contribution is -0.136. The summed E-state index contributed by atoms with van der Waals surface area (Å²) in [7, 11) is 1.84. The van der Waals surface area contributed by atoms with Crippen LogP contribution >= 0.6 is 0 Å². The van der Waals surface area contributed by atoms with Crippen LogP contribution in [0.15, 0.2) is 18.2 Å². The number of hydrogen-bond acceptors (Lipinski definition) is 6. The van der Waals surface area contributed by atoms with Gasteiger partial charge in [0.05, 0.1) is 11.1 Å². The first-order chi connectivity index (χ1) is 11.5. The molecule has 2 aliphatic rings. The molecule has 3 rings (SSSR count). The molecule has 1 fully saturated rings. The van der Waals surface area contributed by atoms with Gasteiger partial charge in [-0.05, 0) is 31.7 Å². The van der Waals surface area contributed by atoms with Gasteiger partial charge in [0, 0.05) is 25.2 Å². The number of benzene rings is 1. The first-order valence-electron chi connectivity index (χ1n) is 7.77. The Bertz CT molecular complexity index is 731. The van der Waals surface area contributed by atoms with Crippen LogP contribution in [0.4, 0.5) is 5.69 Å².